The quantitative estimate of drug-likeness (QED) is 0.562. The zero-order chi connectivity index (χ0) is 7.98. The SMILES string of the molecule is CC.CC1CCC(O)CO1. The van der Waals surface area contributed by atoms with Crippen molar-refractivity contribution < 1.29 is 9.84 Å². The van der Waals surface area contributed by atoms with E-state index in [-0.39, 0.29) is 6.10 Å². The molecule has 2 heteroatoms. The summed E-state index contributed by atoms with van der Waals surface area (Å²) in [6, 6.07) is 0. The normalized spacial score (nSPS) is 32.4. The summed E-state index contributed by atoms with van der Waals surface area (Å²) in [6.07, 6.45) is 2.06. The Hall–Kier alpha value is -0.0800. The predicted octanol–water partition coefficient (Wildman–Crippen LogP) is 1.57. The van der Waals surface area contributed by atoms with Crippen molar-refractivity contribution in [3.05, 3.63) is 0 Å². The highest BCUT2D eigenvalue weighted by Gasteiger charge is 2.14. The smallest absolute Gasteiger partial charge is 0.0774 e. The molecule has 0 amide bonds. The van der Waals surface area contributed by atoms with Crippen LogP contribution in [-0.4, -0.2) is 23.9 Å². The van der Waals surface area contributed by atoms with Crippen LogP contribution < -0.4 is 0 Å². The van der Waals surface area contributed by atoms with E-state index in [1.807, 2.05) is 20.8 Å². The van der Waals surface area contributed by atoms with E-state index in [0.29, 0.717) is 12.7 Å². The van der Waals surface area contributed by atoms with Crippen LogP contribution in [0.15, 0.2) is 0 Å². The van der Waals surface area contributed by atoms with Crippen LogP contribution >= 0.6 is 0 Å². The average Bonchev–Trinajstić information content (AvgIpc) is 2.00. The van der Waals surface area contributed by atoms with Crippen LogP contribution in [0.2, 0.25) is 0 Å². The van der Waals surface area contributed by atoms with Gasteiger partial charge in [0.15, 0.2) is 0 Å². The van der Waals surface area contributed by atoms with Gasteiger partial charge in [-0.15, -0.1) is 0 Å². The van der Waals surface area contributed by atoms with Crippen LogP contribution in [0.3, 0.4) is 0 Å². The summed E-state index contributed by atoms with van der Waals surface area (Å²) in [7, 11) is 0. The van der Waals surface area contributed by atoms with Crippen molar-refractivity contribution in [1.82, 2.24) is 0 Å². The maximum atomic E-state index is 8.90. The van der Waals surface area contributed by atoms with Crippen molar-refractivity contribution in [2.45, 2.75) is 45.8 Å². The van der Waals surface area contributed by atoms with Crippen LogP contribution in [0.1, 0.15) is 33.6 Å². The first-order valence-electron chi connectivity index (χ1n) is 4.08. The van der Waals surface area contributed by atoms with E-state index in [2.05, 4.69) is 0 Å². The number of rotatable bonds is 0. The second-order valence-corrected chi connectivity index (χ2v) is 2.38. The van der Waals surface area contributed by atoms with E-state index in [1.54, 1.807) is 0 Å². The number of aliphatic hydroxyl groups is 1. The molecule has 1 heterocycles. The minimum absolute atomic E-state index is 0.203. The fraction of sp³-hybridized carbons (Fsp3) is 1.00. The largest absolute Gasteiger partial charge is 0.391 e. The molecule has 0 aliphatic carbocycles. The Kier molecular flexibility index (Phi) is 5.64. The van der Waals surface area contributed by atoms with Gasteiger partial charge < -0.3 is 9.84 Å². The highest BCUT2D eigenvalue weighted by molar-refractivity contribution is 4.64. The molecule has 1 aliphatic rings. The van der Waals surface area contributed by atoms with Crippen molar-refractivity contribution in [3.63, 3.8) is 0 Å². The summed E-state index contributed by atoms with van der Waals surface area (Å²) >= 11 is 0. The average molecular weight is 146 g/mol. The zero-order valence-corrected chi connectivity index (χ0v) is 7.13. The lowest BCUT2D eigenvalue weighted by Gasteiger charge is -2.22. The minimum atomic E-state index is -0.203. The summed E-state index contributed by atoms with van der Waals surface area (Å²) in [5.41, 5.74) is 0. The molecule has 0 saturated carbocycles. The number of hydrogen-bond donors (Lipinski definition) is 1. The number of ether oxygens (including phenoxy) is 1. The van der Waals surface area contributed by atoms with Crippen molar-refractivity contribution in [2.24, 2.45) is 0 Å². The fourth-order valence-electron chi connectivity index (χ4n) is 0.869. The summed E-state index contributed by atoms with van der Waals surface area (Å²) < 4.78 is 5.14. The van der Waals surface area contributed by atoms with Gasteiger partial charge in [0.2, 0.25) is 0 Å². The van der Waals surface area contributed by atoms with Gasteiger partial charge in [-0.3, -0.25) is 0 Å². The molecular formula is C8H18O2. The van der Waals surface area contributed by atoms with Gasteiger partial charge in [0.1, 0.15) is 0 Å². The molecule has 0 aromatic carbocycles. The summed E-state index contributed by atoms with van der Waals surface area (Å²) in [5, 5.41) is 8.90. The van der Waals surface area contributed by atoms with Crippen molar-refractivity contribution >= 4 is 0 Å². The van der Waals surface area contributed by atoms with Crippen LogP contribution in [0.25, 0.3) is 0 Å². The van der Waals surface area contributed by atoms with Crippen molar-refractivity contribution in [1.29, 1.82) is 0 Å². The van der Waals surface area contributed by atoms with E-state index in [9.17, 15) is 0 Å². The molecule has 0 aromatic heterocycles. The molecule has 2 unspecified atom stereocenters. The lowest BCUT2D eigenvalue weighted by molar-refractivity contribution is -0.0472. The molecule has 1 fully saturated rings. The van der Waals surface area contributed by atoms with E-state index < -0.39 is 0 Å². The highest BCUT2D eigenvalue weighted by Crippen LogP contribution is 2.11. The van der Waals surface area contributed by atoms with E-state index in [4.69, 9.17) is 9.84 Å². The Morgan fingerprint density at radius 3 is 2.20 bits per heavy atom. The summed E-state index contributed by atoms with van der Waals surface area (Å²) in [5.74, 6) is 0. The molecular weight excluding hydrogens is 128 g/mol. The van der Waals surface area contributed by atoms with Crippen molar-refractivity contribution in [2.75, 3.05) is 6.61 Å². The van der Waals surface area contributed by atoms with Crippen LogP contribution in [0.5, 0.6) is 0 Å². The molecule has 62 valence electrons. The second kappa shape index (κ2) is 5.69. The molecule has 2 nitrogen and oxygen atoms in total. The van der Waals surface area contributed by atoms with Gasteiger partial charge in [-0.2, -0.15) is 0 Å². The minimum Gasteiger partial charge on any atom is -0.391 e. The molecule has 1 aliphatic heterocycles. The standard InChI is InChI=1S/C6H12O2.C2H6/c1-5-2-3-6(7)4-8-5;1-2/h5-7H,2-4H2,1H3;1-2H3. The van der Waals surface area contributed by atoms with Gasteiger partial charge >= 0.3 is 0 Å². The second-order valence-electron chi connectivity index (χ2n) is 2.38. The van der Waals surface area contributed by atoms with Crippen LogP contribution in [0, 0.1) is 0 Å². The van der Waals surface area contributed by atoms with Gasteiger partial charge in [-0.25, -0.2) is 0 Å². The molecule has 10 heavy (non-hydrogen) atoms. The zero-order valence-electron chi connectivity index (χ0n) is 7.13. The first kappa shape index (κ1) is 9.92. The number of hydrogen-bond acceptors (Lipinski definition) is 2. The lowest BCUT2D eigenvalue weighted by atomic mass is 10.1. The lowest BCUT2D eigenvalue weighted by Crippen LogP contribution is -2.26. The maximum absolute atomic E-state index is 8.90. The summed E-state index contributed by atoms with van der Waals surface area (Å²) in [6.45, 7) is 6.56. The van der Waals surface area contributed by atoms with Crippen molar-refractivity contribution in [3.8, 4) is 0 Å². The molecule has 2 atom stereocenters. The van der Waals surface area contributed by atoms with Gasteiger partial charge in [-0.05, 0) is 19.8 Å². The third-order valence-electron chi connectivity index (χ3n) is 1.48. The molecule has 1 saturated heterocycles. The molecule has 0 radical (unpaired) electrons. The van der Waals surface area contributed by atoms with Crippen LogP contribution in [0.4, 0.5) is 0 Å². The maximum Gasteiger partial charge on any atom is 0.0774 e. The Bertz CT molecular complexity index is 55.7. The fourth-order valence-corrected chi connectivity index (χ4v) is 0.869. The van der Waals surface area contributed by atoms with Gasteiger partial charge in [0, 0.05) is 0 Å². The Labute approximate surface area is 63.2 Å². The Balaban J connectivity index is 0.000000371. The van der Waals surface area contributed by atoms with Gasteiger partial charge in [0.25, 0.3) is 0 Å². The molecule has 1 N–H and O–H groups in total. The summed E-state index contributed by atoms with van der Waals surface area (Å²) in [4.78, 5) is 0. The van der Waals surface area contributed by atoms with Gasteiger partial charge in [-0.1, -0.05) is 13.8 Å². The third-order valence-corrected chi connectivity index (χ3v) is 1.48. The first-order chi connectivity index (χ1) is 4.79. The Morgan fingerprint density at radius 2 is 1.90 bits per heavy atom. The van der Waals surface area contributed by atoms with Gasteiger partial charge in [0.05, 0.1) is 18.8 Å². The molecule has 1 rings (SSSR count). The topological polar surface area (TPSA) is 29.5 Å². The first-order valence-corrected chi connectivity index (χ1v) is 4.08. The predicted molar refractivity (Wildman–Crippen MR) is 42.0 cm³/mol. The highest BCUT2D eigenvalue weighted by atomic mass is 16.5. The molecule has 0 bridgehead atoms. The number of aliphatic hydroxyl groups excluding tert-OH is 1. The third kappa shape index (κ3) is 3.85. The molecule has 0 spiro atoms. The van der Waals surface area contributed by atoms with E-state index >= 15 is 0 Å². The molecule has 0 aromatic rings. The van der Waals surface area contributed by atoms with Crippen LogP contribution in [-0.2, 0) is 4.74 Å². The Morgan fingerprint density at radius 1 is 1.30 bits per heavy atom. The monoisotopic (exact) mass is 146 g/mol. The van der Waals surface area contributed by atoms with E-state index in [0.717, 1.165) is 12.8 Å². The van der Waals surface area contributed by atoms with E-state index in [1.165, 1.54) is 0 Å².